The lowest BCUT2D eigenvalue weighted by Crippen LogP contribution is -2.25. The summed E-state index contributed by atoms with van der Waals surface area (Å²) in [7, 11) is 0. The molecular formula is C13H16BrN5O3. The number of hydrogen-bond acceptors (Lipinski definition) is 4. The summed E-state index contributed by atoms with van der Waals surface area (Å²) in [6, 6.07) is 0. The first kappa shape index (κ1) is 16.2. The second-order valence-corrected chi connectivity index (χ2v) is 5.43. The van der Waals surface area contributed by atoms with Gasteiger partial charge in [0.05, 0.1) is 34.7 Å². The van der Waals surface area contributed by atoms with Gasteiger partial charge in [-0.25, -0.2) is 4.79 Å². The van der Waals surface area contributed by atoms with E-state index in [9.17, 15) is 9.59 Å². The van der Waals surface area contributed by atoms with Crippen molar-refractivity contribution in [3.05, 3.63) is 34.3 Å². The van der Waals surface area contributed by atoms with E-state index in [1.807, 2.05) is 6.92 Å². The molecule has 22 heavy (non-hydrogen) atoms. The van der Waals surface area contributed by atoms with Crippen molar-refractivity contribution in [2.24, 2.45) is 0 Å². The van der Waals surface area contributed by atoms with Crippen molar-refractivity contribution in [3.63, 3.8) is 0 Å². The number of carboxylic acids is 1. The molecule has 2 aromatic rings. The van der Waals surface area contributed by atoms with Gasteiger partial charge in [-0.3, -0.25) is 14.2 Å². The fourth-order valence-electron chi connectivity index (χ4n) is 1.92. The van der Waals surface area contributed by atoms with Crippen molar-refractivity contribution >= 4 is 27.8 Å². The minimum atomic E-state index is -1.03. The first-order chi connectivity index (χ1) is 10.5. The molecule has 2 N–H and O–H groups in total. The Morgan fingerprint density at radius 2 is 2.14 bits per heavy atom. The number of hydrogen-bond donors (Lipinski definition) is 2. The predicted molar refractivity (Wildman–Crippen MR) is 81.3 cm³/mol. The summed E-state index contributed by atoms with van der Waals surface area (Å²) in [6.07, 6.45) is 4.58. The van der Waals surface area contributed by atoms with Gasteiger partial charge in [0.15, 0.2) is 0 Å². The zero-order chi connectivity index (χ0) is 16.1. The molecule has 0 aliphatic heterocycles. The summed E-state index contributed by atoms with van der Waals surface area (Å²) >= 11 is 3.40. The molecule has 0 unspecified atom stereocenters. The minimum absolute atomic E-state index is 0.108. The average molecular weight is 370 g/mol. The second kappa shape index (κ2) is 7.21. The van der Waals surface area contributed by atoms with Gasteiger partial charge in [-0.15, -0.1) is 0 Å². The first-order valence-corrected chi connectivity index (χ1v) is 7.53. The molecule has 0 aliphatic carbocycles. The fraction of sp³-hybridized carbons (Fsp3) is 0.385. The van der Waals surface area contributed by atoms with Crippen LogP contribution in [0, 0.1) is 0 Å². The zero-order valence-corrected chi connectivity index (χ0v) is 13.6. The Bertz CT molecular complexity index is 679. The normalized spacial score (nSPS) is 10.6. The standard InChI is InChI=1S/C13H16BrN5O3/c1-2-19-11(10(14)6-17-19)7-15-12(20)3-4-18-8-9(5-16-18)13(21)22/h5-6,8H,2-4,7H2,1H3,(H,15,20)(H,21,22). The SMILES string of the molecule is CCn1ncc(Br)c1CNC(=O)CCn1cc(C(=O)O)cn1. The second-order valence-electron chi connectivity index (χ2n) is 4.58. The van der Waals surface area contributed by atoms with E-state index in [1.165, 1.54) is 17.1 Å². The number of carboxylic acid groups (broad SMARTS) is 1. The number of carbonyl (C=O) groups excluding carboxylic acids is 1. The van der Waals surface area contributed by atoms with Crippen LogP contribution in [0.5, 0.6) is 0 Å². The number of nitrogens with one attached hydrogen (secondary N) is 1. The van der Waals surface area contributed by atoms with Crippen LogP contribution in [0.25, 0.3) is 0 Å². The van der Waals surface area contributed by atoms with Crippen molar-refractivity contribution in [2.45, 2.75) is 33.0 Å². The number of halogens is 1. The maximum absolute atomic E-state index is 11.8. The lowest BCUT2D eigenvalue weighted by molar-refractivity contribution is -0.121. The molecule has 0 radical (unpaired) electrons. The van der Waals surface area contributed by atoms with Crippen molar-refractivity contribution in [3.8, 4) is 0 Å². The van der Waals surface area contributed by atoms with Gasteiger partial charge < -0.3 is 10.4 Å². The van der Waals surface area contributed by atoms with E-state index < -0.39 is 5.97 Å². The number of aromatic carboxylic acids is 1. The van der Waals surface area contributed by atoms with Crippen molar-refractivity contribution in [1.29, 1.82) is 0 Å². The van der Waals surface area contributed by atoms with E-state index in [2.05, 4.69) is 31.4 Å². The van der Waals surface area contributed by atoms with Crippen LogP contribution in [0.1, 0.15) is 29.4 Å². The van der Waals surface area contributed by atoms with E-state index >= 15 is 0 Å². The van der Waals surface area contributed by atoms with Crippen LogP contribution >= 0.6 is 15.9 Å². The van der Waals surface area contributed by atoms with Crippen LogP contribution < -0.4 is 5.32 Å². The Morgan fingerprint density at radius 3 is 2.77 bits per heavy atom. The first-order valence-electron chi connectivity index (χ1n) is 6.74. The average Bonchev–Trinajstić information content (AvgIpc) is 3.09. The number of amides is 1. The van der Waals surface area contributed by atoms with Gasteiger partial charge in [0.1, 0.15) is 0 Å². The molecule has 8 nitrogen and oxygen atoms in total. The van der Waals surface area contributed by atoms with Crippen LogP contribution in [0.2, 0.25) is 0 Å². The molecule has 1 amide bonds. The molecule has 2 aromatic heterocycles. The lowest BCUT2D eigenvalue weighted by Gasteiger charge is -2.08. The zero-order valence-electron chi connectivity index (χ0n) is 12.0. The van der Waals surface area contributed by atoms with Crippen LogP contribution in [0.3, 0.4) is 0 Å². The molecule has 9 heteroatoms. The number of nitrogens with zero attached hydrogens (tertiary/aromatic N) is 4. The predicted octanol–water partition coefficient (Wildman–Crippen LogP) is 1.27. The van der Waals surface area contributed by atoms with E-state index in [4.69, 9.17) is 5.11 Å². The minimum Gasteiger partial charge on any atom is -0.478 e. The molecule has 0 saturated heterocycles. The maximum atomic E-state index is 11.8. The molecule has 0 fully saturated rings. The van der Waals surface area contributed by atoms with E-state index in [0.29, 0.717) is 13.1 Å². The summed E-state index contributed by atoms with van der Waals surface area (Å²) in [6.45, 7) is 3.41. The topological polar surface area (TPSA) is 102 Å². The van der Waals surface area contributed by atoms with Gasteiger partial charge in [-0.1, -0.05) is 0 Å². The Balaban J connectivity index is 1.82. The molecule has 0 aromatic carbocycles. The van der Waals surface area contributed by atoms with Gasteiger partial charge >= 0.3 is 5.97 Å². The van der Waals surface area contributed by atoms with E-state index in [0.717, 1.165) is 16.7 Å². The number of aromatic nitrogens is 4. The lowest BCUT2D eigenvalue weighted by atomic mass is 10.3. The summed E-state index contributed by atoms with van der Waals surface area (Å²) in [4.78, 5) is 22.6. The Labute approximate surface area is 135 Å². The summed E-state index contributed by atoms with van der Waals surface area (Å²) in [5.41, 5.74) is 1.01. The van der Waals surface area contributed by atoms with Gasteiger partial charge in [0.25, 0.3) is 0 Å². The smallest absolute Gasteiger partial charge is 0.338 e. The highest BCUT2D eigenvalue weighted by Gasteiger charge is 2.10. The summed E-state index contributed by atoms with van der Waals surface area (Å²) < 4.78 is 4.10. The molecule has 0 atom stereocenters. The molecule has 2 rings (SSSR count). The number of rotatable bonds is 7. The fourth-order valence-corrected chi connectivity index (χ4v) is 2.36. The summed E-state index contributed by atoms with van der Waals surface area (Å²) in [5, 5.41) is 19.7. The van der Waals surface area contributed by atoms with Gasteiger partial charge in [-0.05, 0) is 22.9 Å². The molecule has 0 saturated carbocycles. The third kappa shape index (κ3) is 3.94. The van der Waals surface area contributed by atoms with Crippen molar-refractivity contribution < 1.29 is 14.7 Å². The van der Waals surface area contributed by atoms with Crippen LogP contribution in [-0.2, 0) is 24.4 Å². The van der Waals surface area contributed by atoms with Crippen LogP contribution in [0.4, 0.5) is 0 Å². The molecule has 0 bridgehead atoms. The van der Waals surface area contributed by atoms with Gasteiger partial charge in [0, 0.05) is 25.7 Å². The largest absolute Gasteiger partial charge is 0.478 e. The van der Waals surface area contributed by atoms with Gasteiger partial charge in [-0.2, -0.15) is 10.2 Å². The van der Waals surface area contributed by atoms with Crippen LogP contribution in [0.15, 0.2) is 23.1 Å². The molecule has 2 heterocycles. The van der Waals surface area contributed by atoms with E-state index in [-0.39, 0.29) is 17.9 Å². The highest BCUT2D eigenvalue weighted by atomic mass is 79.9. The molecule has 118 valence electrons. The highest BCUT2D eigenvalue weighted by molar-refractivity contribution is 9.10. The number of aryl methyl sites for hydroxylation is 2. The maximum Gasteiger partial charge on any atom is 0.338 e. The quantitative estimate of drug-likeness (QED) is 0.764. The van der Waals surface area contributed by atoms with Crippen LogP contribution in [-0.4, -0.2) is 36.5 Å². The molecule has 0 aliphatic rings. The third-order valence-electron chi connectivity index (χ3n) is 3.10. The van der Waals surface area contributed by atoms with Crippen molar-refractivity contribution in [2.75, 3.05) is 0 Å². The molecule has 0 spiro atoms. The van der Waals surface area contributed by atoms with Gasteiger partial charge in [0.2, 0.25) is 5.91 Å². The monoisotopic (exact) mass is 369 g/mol. The highest BCUT2D eigenvalue weighted by Crippen LogP contribution is 2.15. The summed E-state index contributed by atoms with van der Waals surface area (Å²) in [5.74, 6) is -1.17. The van der Waals surface area contributed by atoms with E-state index in [1.54, 1.807) is 10.9 Å². The number of carbonyl (C=O) groups is 2. The van der Waals surface area contributed by atoms with Crippen molar-refractivity contribution in [1.82, 2.24) is 24.9 Å². The Morgan fingerprint density at radius 1 is 1.36 bits per heavy atom. The Hall–Kier alpha value is -2.16. The third-order valence-corrected chi connectivity index (χ3v) is 3.76. The Kier molecular flexibility index (Phi) is 5.31. The molecular weight excluding hydrogens is 354 g/mol.